The van der Waals surface area contributed by atoms with Crippen LogP contribution in [0.2, 0.25) is 0 Å². The predicted molar refractivity (Wildman–Crippen MR) is 72.5 cm³/mol. The summed E-state index contributed by atoms with van der Waals surface area (Å²) < 4.78 is 10.2. The second-order valence-electron chi connectivity index (χ2n) is 5.04. The maximum absolute atomic E-state index is 12.1. The number of ether oxygens (including phenoxy) is 1. The molecule has 1 aliphatic carbocycles. The first kappa shape index (κ1) is 13.4. The SMILES string of the molecule is Cc1nocc1C(=O)OC1Cc2ccccc2C1C(N)=O. The second kappa shape index (κ2) is 5.05. The summed E-state index contributed by atoms with van der Waals surface area (Å²) in [5.74, 6) is -1.68. The lowest BCUT2D eigenvalue weighted by molar-refractivity contribution is -0.121. The monoisotopic (exact) mass is 286 g/mol. The molecule has 0 radical (unpaired) electrons. The molecule has 3 rings (SSSR count). The van der Waals surface area contributed by atoms with Crippen molar-refractivity contribution in [2.75, 3.05) is 0 Å². The molecule has 0 aliphatic heterocycles. The highest BCUT2D eigenvalue weighted by Crippen LogP contribution is 2.35. The van der Waals surface area contributed by atoms with Crippen molar-refractivity contribution >= 4 is 11.9 Å². The maximum atomic E-state index is 12.1. The molecule has 2 unspecified atom stereocenters. The summed E-state index contributed by atoms with van der Waals surface area (Å²) in [6, 6.07) is 7.46. The van der Waals surface area contributed by atoms with E-state index in [-0.39, 0.29) is 5.56 Å². The first-order valence-electron chi connectivity index (χ1n) is 6.57. The van der Waals surface area contributed by atoms with Gasteiger partial charge in [0.25, 0.3) is 0 Å². The van der Waals surface area contributed by atoms with Crippen LogP contribution in [-0.2, 0) is 16.0 Å². The minimum absolute atomic E-state index is 0.258. The summed E-state index contributed by atoms with van der Waals surface area (Å²) in [5.41, 5.74) is 7.97. The Morgan fingerprint density at radius 1 is 1.38 bits per heavy atom. The molecule has 6 nitrogen and oxygen atoms in total. The molecule has 0 saturated carbocycles. The first-order valence-corrected chi connectivity index (χ1v) is 6.57. The van der Waals surface area contributed by atoms with E-state index in [1.165, 1.54) is 6.26 Å². The van der Waals surface area contributed by atoms with E-state index in [4.69, 9.17) is 15.0 Å². The van der Waals surface area contributed by atoms with Crippen LogP contribution in [0.25, 0.3) is 0 Å². The third-order valence-corrected chi connectivity index (χ3v) is 3.72. The topological polar surface area (TPSA) is 95.4 Å². The molecule has 0 fully saturated rings. The van der Waals surface area contributed by atoms with E-state index in [2.05, 4.69) is 5.16 Å². The minimum atomic E-state index is -0.620. The summed E-state index contributed by atoms with van der Waals surface area (Å²) in [7, 11) is 0. The molecular formula is C15H14N2O4. The number of primary amides is 1. The molecule has 21 heavy (non-hydrogen) atoms. The fraction of sp³-hybridized carbons (Fsp3) is 0.267. The first-order chi connectivity index (χ1) is 10.1. The van der Waals surface area contributed by atoms with Crippen molar-refractivity contribution in [1.82, 2.24) is 5.16 Å². The highest BCUT2D eigenvalue weighted by Gasteiger charge is 2.39. The largest absolute Gasteiger partial charge is 0.457 e. The van der Waals surface area contributed by atoms with E-state index < -0.39 is 23.9 Å². The number of carbonyl (C=O) groups excluding carboxylic acids is 2. The molecule has 1 amide bonds. The van der Waals surface area contributed by atoms with Crippen molar-refractivity contribution in [2.45, 2.75) is 25.4 Å². The van der Waals surface area contributed by atoms with Crippen molar-refractivity contribution in [3.05, 3.63) is 52.9 Å². The molecule has 0 bridgehead atoms. The van der Waals surface area contributed by atoms with Gasteiger partial charge in [0, 0.05) is 6.42 Å². The molecule has 1 aliphatic rings. The molecule has 2 aromatic rings. The zero-order valence-corrected chi connectivity index (χ0v) is 11.4. The maximum Gasteiger partial charge on any atom is 0.343 e. The number of nitrogens with two attached hydrogens (primary N) is 1. The zero-order chi connectivity index (χ0) is 15.0. The number of aromatic nitrogens is 1. The Balaban J connectivity index is 1.85. The van der Waals surface area contributed by atoms with Crippen LogP contribution in [0.5, 0.6) is 0 Å². The van der Waals surface area contributed by atoms with E-state index in [9.17, 15) is 9.59 Å². The van der Waals surface area contributed by atoms with E-state index in [0.29, 0.717) is 12.1 Å². The number of rotatable bonds is 3. The van der Waals surface area contributed by atoms with Gasteiger partial charge in [-0.05, 0) is 18.1 Å². The van der Waals surface area contributed by atoms with Gasteiger partial charge in [-0.25, -0.2) is 4.79 Å². The fourth-order valence-corrected chi connectivity index (χ4v) is 2.69. The van der Waals surface area contributed by atoms with Crippen LogP contribution in [0.3, 0.4) is 0 Å². The highest BCUT2D eigenvalue weighted by atomic mass is 16.5. The van der Waals surface area contributed by atoms with Crippen LogP contribution in [0.1, 0.15) is 33.1 Å². The molecule has 1 heterocycles. The number of hydrogen-bond acceptors (Lipinski definition) is 5. The van der Waals surface area contributed by atoms with Crippen molar-refractivity contribution in [3.63, 3.8) is 0 Å². The molecule has 2 N–H and O–H groups in total. The van der Waals surface area contributed by atoms with E-state index in [1.54, 1.807) is 6.92 Å². The Morgan fingerprint density at radius 2 is 2.14 bits per heavy atom. The van der Waals surface area contributed by atoms with Crippen molar-refractivity contribution < 1.29 is 18.8 Å². The summed E-state index contributed by atoms with van der Waals surface area (Å²) in [4.78, 5) is 23.8. The number of hydrogen-bond donors (Lipinski definition) is 1. The number of amides is 1. The average molecular weight is 286 g/mol. The summed E-state index contributed by atoms with van der Waals surface area (Å²) in [5, 5.41) is 3.64. The van der Waals surface area contributed by atoms with Crippen LogP contribution in [-0.4, -0.2) is 23.1 Å². The Hall–Kier alpha value is -2.63. The Morgan fingerprint density at radius 3 is 2.81 bits per heavy atom. The number of fused-ring (bicyclic) bond motifs is 1. The highest BCUT2D eigenvalue weighted by molar-refractivity contribution is 5.91. The van der Waals surface area contributed by atoms with Crippen molar-refractivity contribution in [3.8, 4) is 0 Å². The van der Waals surface area contributed by atoms with Crippen LogP contribution in [0.4, 0.5) is 0 Å². The average Bonchev–Trinajstić information content (AvgIpc) is 3.01. The number of aryl methyl sites for hydroxylation is 1. The quantitative estimate of drug-likeness (QED) is 0.859. The van der Waals surface area contributed by atoms with E-state index in [0.717, 1.165) is 11.1 Å². The second-order valence-corrected chi connectivity index (χ2v) is 5.04. The molecule has 108 valence electrons. The van der Waals surface area contributed by atoms with Crippen molar-refractivity contribution in [1.29, 1.82) is 0 Å². The molecule has 6 heteroatoms. The van der Waals surface area contributed by atoms with E-state index in [1.807, 2.05) is 24.3 Å². The number of benzene rings is 1. The van der Waals surface area contributed by atoms with Gasteiger partial charge in [0.15, 0.2) is 0 Å². The Kier molecular flexibility index (Phi) is 3.21. The normalized spacial score (nSPS) is 20.0. The van der Waals surface area contributed by atoms with Gasteiger partial charge in [0.05, 0.1) is 5.69 Å². The lowest BCUT2D eigenvalue weighted by Crippen LogP contribution is -2.32. The van der Waals surface area contributed by atoms with Crippen LogP contribution in [0.15, 0.2) is 35.1 Å². The summed E-state index contributed by atoms with van der Waals surface area (Å²) >= 11 is 0. The number of esters is 1. The molecule has 0 spiro atoms. The van der Waals surface area contributed by atoms with Gasteiger partial charge in [-0.3, -0.25) is 4.79 Å². The Bertz CT molecular complexity index is 707. The molecule has 2 atom stereocenters. The van der Waals surface area contributed by atoms with Crippen LogP contribution in [0, 0.1) is 6.92 Å². The predicted octanol–water partition coefficient (Wildman–Crippen LogP) is 1.33. The third kappa shape index (κ3) is 2.29. The lowest BCUT2D eigenvalue weighted by atomic mass is 9.99. The van der Waals surface area contributed by atoms with Crippen LogP contribution >= 0.6 is 0 Å². The number of carbonyl (C=O) groups is 2. The van der Waals surface area contributed by atoms with Gasteiger partial charge >= 0.3 is 5.97 Å². The van der Waals surface area contributed by atoms with Crippen molar-refractivity contribution in [2.24, 2.45) is 5.73 Å². The van der Waals surface area contributed by atoms with Gasteiger partial charge < -0.3 is 15.0 Å². The Labute approximate surface area is 120 Å². The summed E-state index contributed by atoms with van der Waals surface area (Å²) in [6.45, 7) is 1.65. The summed E-state index contributed by atoms with van der Waals surface area (Å²) in [6.07, 6.45) is 1.11. The standard InChI is InChI=1S/C15H14N2O4/c1-8-11(7-20-17-8)15(19)21-12-6-9-4-2-3-5-10(9)13(12)14(16)18/h2-5,7,12-13H,6H2,1H3,(H2,16,18). The third-order valence-electron chi connectivity index (χ3n) is 3.72. The fourth-order valence-electron chi connectivity index (χ4n) is 2.69. The van der Waals surface area contributed by atoms with Gasteiger partial charge in [0.1, 0.15) is 23.8 Å². The van der Waals surface area contributed by atoms with E-state index >= 15 is 0 Å². The molecular weight excluding hydrogens is 272 g/mol. The minimum Gasteiger partial charge on any atom is -0.457 e. The molecule has 1 aromatic heterocycles. The van der Waals surface area contributed by atoms with Gasteiger partial charge in [-0.2, -0.15) is 0 Å². The van der Waals surface area contributed by atoms with Gasteiger partial charge in [-0.1, -0.05) is 29.4 Å². The van der Waals surface area contributed by atoms with Gasteiger partial charge in [-0.15, -0.1) is 0 Å². The smallest absolute Gasteiger partial charge is 0.343 e. The molecule has 0 saturated heterocycles. The lowest BCUT2D eigenvalue weighted by Gasteiger charge is -2.17. The number of nitrogens with zero attached hydrogens (tertiary/aromatic N) is 1. The van der Waals surface area contributed by atoms with Gasteiger partial charge in [0.2, 0.25) is 5.91 Å². The van der Waals surface area contributed by atoms with Crippen LogP contribution < -0.4 is 5.73 Å². The zero-order valence-electron chi connectivity index (χ0n) is 11.4. The molecule has 1 aromatic carbocycles.